The summed E-state index contributed by atoms with van der Waals surface area (Å²) in [5.41, 5.74) is 13.5. The summed E-state index contributed by atoms with van der Waals surface area (Å²) in [5.74, 6) is 0. The average molecular weight is 518 g/mol. The fourth-order valence-corrected chi connectivity index (χ4v) is 6.97. The van der Waals surface area contributed by atoms with Gasteiger partial charge in [0.15, 0.2) is 0 Å². The van der Waals surface area contributed by atoms with E-state index < -0.39 is 0 Å². The Morgan fingerprint density at radius 1 is 0.474 bits per heavy atom. The van der Waals surface area contributed by atoms with Crippen LogP contribution in [-0.2, 0) is 5.41 Å². The van der Waals surface area contributed by atoms with E-state index in [0.29, 0.717) is 0 Å². The maximum absolute atomic E-state index is 6.39. The van der Waals surface area contributed by atoms with Gasteiger partial charge in [0.2, 0.25) is 0 Å². The molecule has 0 amide bonds. The lowest BCUT2D eigenvalue weighted by Crippen LogP contribution is -2.25. The number of nitrogens with two attached hydrogens (primary N) is 1. The number of rotatable bonds is 22. The highest BCUT2D eigenvalue weighted by atomic mass is 14.6. The second-order valence-electron chi connectivity index (χ2n) is 12.3. The van der Waals surface area contributed by atoms with Gasteiger partial charge in [0.05, 0.1) is 0 Å². The van der Waals surface area contributed by atoms with Crippen molar-refractivity contribution in [1.82, 2.24) is 0 Å². The van der Waals surface area contributed by atoms with Gasteiger partial charge in [-0.3, -0.25) is 0 Å². The average Bonchev–Trinajstić information content (AvgIpc) is 3.20. The second-order valence-corrected chi connectivity index (χ2v) is 12.3. The van der Waals surface area contributed by atoms with Crippen molar-refractivity contribution >= 4 is 5.69 Å². The number of hydrogen-bond donors (Lipinski definition) is 1. The fourth-order valence-electron chi connectivity index (χ4n) is 6.97. The lowest BCUT2D eigenvalue weighted by molar-refractivity contribution is 0.397. The van der Waals surface area contributed by atoms with Crippen molar-refractivity contribution in [3.05, 3.63) is 53.6 Å². The normalized spacial score (nSPS) is 13.5. The summed E-state index contributed by atoms with van der Waals surface area (Å²) >= 11 is 0. The Bertz CT molecular complexity index is 873. The first-order valence-corrected chi connectivity index (χ1v) is 16.7. The molecule has 0 aliphatic heterocycles. The number of fused-ring (bicyclic) bond motifs is 3. The molecular weight excluding hydrogens is 458 g/mol. The third-order valence-electron chi connectivity index (χ3n) is 9.21. The SMILES string of the molecule is CCCCCCCCCCCCC1(CCCCCCCCCCCC)c2ccccc2-c2ccc(N)cc21. The van der Waals surface area contributed by atoms with E-state index in [4.69, 9.17) is 5.73 Å². The summed E-state index contributed by atoms with van der Waals surface area (Å²) in [5, 5.41) is 0. The Labute approximate surface area is 236 Å². The topological polar surface area (TPSA) is 26.0 Å². The molecule has 1 aliphatic carbocycles. The second kappa shape index (κ2) is 17.8. The molecule has 2 N–H and O–H groups in total. The van der Waals surface area contributed by atoms with Crippen molar-refractivity contribution in [2.24, 2.45) is 0 Å². The monoisotopic (exact) mass is 517 g/mol. The van der Waals surface area contributed by atoms with Crippen LogP contribution in [0.4, 0.5) is 5.69 Å². The van der Waals surface area contributed by atoms with Crippen LogP contribution in [0, 0.1) is 0 Å². The summed E-state index contributed by atoms with van der Waals surface area (Å²) in [6.07, 6.45) is 30.5. The van der Waals surface area contributed by atoms with Gasteiger partial charge in [-0.25, -0.2) is 0 Å². The van der Waals surface area contributed by atoms with E-state index in [1.54, 1.807) is 5.56 Å². The van der Waals surface area contributed by atoms with Crippen LogP contribution in [0.2, 0.25) is 0 Å². The maximum Gasteiger partial charge on any atom is 0.0317 e. The zero-order valence-electron chi connectivity index (χ0n) is 25.2. The van der Waals surface area contributed by atoms with Crippen molar-refractivity contribution in [3.8, 4) is 11.1 Å². The van der Waals surface area contributed by atoms with Gasteiger partial charge in [-0.2, -0.15) is 0 Å². The van der Waals surface area contributed by atoms with Crippen LogP contribution < -0.4 is 5.73 Å². The van der Waals surface area contributed by atoms with Gasteiger partial charge in [-0.15, -0.1) is 0 Å². The molecule has 1 nitrogen and oxygen atoms in total. The van der Waals surface area contributed by atoms with E-state index in [1.165, 1.54) is 158 Å². The van der Waals surface area contributed by atoms with Crippen LogP contribution in [0.3, 0.4) is 0 Å². The molecule has 0 bridgehead atoms. The summed E-state index contributed by atoms with van der Waals surface area (Å²) < 4.78 is 0. The quantitative estimate of drug-likeness (QED) is 0.122. The molecule has 1 heteroatoms. The molecule has 0 radical (unpaired) electrons. The molecule has 2 aromatic rings. The van der Waals surface area contributed by atoms with Crippen molar-refractivity contribution in [1.29, 1.82) is 0 Å². The molecular formula is C37H59N. The van der Waals surface area contributed by atoms with Gasteiger partial charge in [0.25, 0.3) is 0 Å². The van der Waals surface area contributed by atoms with Crippen molar-refractivity contribution in [3.63, 3.8) is 0 Å². The Morgan fingerprint density at radius 2 is 0.895 bits per heavy atom. The number of anilines is 1. The number of benzene rings is 2. The highest BCUT2D eigenvalue weighted by Gasteiger charge is 2.42. The predicted octanol–water partition coefficient (Wildman–Crippen LogP) is 12.2. The van der Waals surface area contributed by atoms with Crippen LogP contribution in [0.5, 0.6) is 0 Å². The van der Waals surface area contributed by atoms with E-state index in [1.807, 2.05) is 0 Å². The molecule has 0 heterocycles. The third kappa shape index (κ3) is 9.17. The Morgan fingerprint density at radius 3 is 1.39 bits per heavy atom. The van der Waals surface area contributed by atoms with Crippen molar-refractivity contribution in [2.75, 3.05) is 5.73 Å². The van der Waals surface area contributed by atoms with Crippen LogP contribution in [0.1, 0.15) is 166 Å². The van der Waals surface area contributed by atoms with E-state index in [9.17, 15) is 0 Å². The minimum Gasteiger partial charge on any atom is -0.399 e. The Kier molecular flexibility index (Phi) is 14.4. The molecule has 0 saturated heterocycles. The summed E-state index contributed by atoms with van der Waals surface area (Å²) in [4.78, 5) is 0. The predicted molar refractivity (Wildman–Crippen MR) is 170 cm³/mol. The maximum atomic E-state index is 6.39. The molecule has 0 fully saturated rings. The van der Waals surface area contributed by atoms with Gasteiger partial charge in [-0.05, 0) is 47.2 Å². The molecule has 0 atom stereocenters. The number of unbranched alkanes of at least 4 members (excludes halogenated alkanes) is 18. The molecule has 2 aromatic carbocycles. The van der Waals surface area contributed by atoms with Crippen LogP contribution in [-0.4, -0.2) is 0 Å². The van der Waals surface area contributed by atoms with Crippen LogP contribution >= 0.6 is 0 Å². The first-order valence-electron chi connectivity index (χ1n) is 16.7. The molecule has 0 spiro atoms. The Hall–Kier alpha value is -1.76. The molecule has 1 aliphatic rings. The van der Waals surface area contributed by atoms with Crippen LogP contribution in [0.15, 0.2) is 42.5 Å². The van der Waals surface area contributed by atoms with Crippen molar-refractivity contribution < 1.29 is 0 Å². The fraction of sp³-hybridized carbons (Fsp3) is 0.676. The van der Waals surface area contributed by atoms with E-state index in [-0.39, 0.29) is 5.41 Å². The van der Waals surface area contributed by atoms with Gasteiger partial charge in [0.1, 0.15) is 0 Å². The standard InChI is InChI=1S/C37H59N/c1-3-5-7-9-11-13-15-17-19-23-29-37(30-24-20-18-16-14-12-10-8-6-4-2)35-26-22-21-25-33(35)34-28-27-32(38)31-36(34)37/h21-22,25-28,31H,3-20,23-24,29-30,38H2,1-2H3. The minimum atomic E-state index is 0.154. The van der Waals surface area contributed by atoms with Crippen LogP contribution in [0.25, 0.3) is 11.1 Å². The molecule has 212 valence electrons. The van der Waals surface area contributed by atoms with Gasteiger partial charge >= 0.3 is 0 Å². The third-order valence-corrected chi connectivity index (χ3v) is 9.21. The molecule has 38 heavy (non-hydrogen) atoms. The van der Waals surface area contributed by atoms with E-state index in [2.05, 4.69) is 56.3 Å². The lowest BCUT2D eigenvalue weighted by Gasteiger charge is -2.33. The molecule has 0 aromatic heterocycles. The summed E-state index contributed by atoms with van der Waals surface area (Å²) in [7, 11) is 0. The number of hydrogen-bond acceptors (Lipinski definition) is 1. The zero-order valence-corrected chi connectivity index (χ0v) is 25.2. The lowest BCUT2D eigenvalue weighted by atomic mass is 9.70. The highest BCUT2D eigenvalue weighted by molar-refractivity contribution is 5.82. The van der Waals surface area contributed by atoms with E-state index in [0.717, 1.165) is 5.69 Å². The van der Waals surface area contributed by atoms with Gasteiger partial charge in [0, 0.05) is 11.1 Å². The first-order chi connectivity index (χ1) is 18.7. The van der Waals surface area contributed by atoms with Gasteiger partial charge in [-0.1, -0.05) is 173 Å². The highest BCUT2D eigenvalue weighted by Crippen LogP contribution is 2.54. The first kappa shape index (κ1) is 30.8. The molecule has 0 unspecified atom stereocenters. The smallest absolute Gasteiger partial charge is 0.0317 e. The largest absolute Gasteiger partial charge is 0.399 e. The minimum absolute atomic E-state index is 0.154. The molecule has 0 saturated carbocycles. The summed E-state index contributed by atoms with van der Waals surface area (Å²) in [6, 6.07) is 16.0. The summed E-state index contributed by atoms with van der Waals surface area (Å²) in [6.45, 7) is 4.61. The zero-order chi connectivity index (χ0) is 26.9. The van der Waals surface area contributed by atoms with Gasteiger partial charge < -0.3 is 5.73 Å². The molecule has 3 rings (SSSR count). The van der Waals surface area contributed by atoms with Crippen molar-refractivity contribution in [2.45, 2.75) is 161 Å². The van der Waals surface area contributed by atoms with E-state index >= 15 is 0 Å². The number of nitrogen functional groups attached to an aromatic ring is 1. The Balaban J connectivity index is 1.55.